The van der Waals surface area contributed by atoms with Crippen LogP contribution in [0.15, 0.2) is 36.9 Å². The number of hydrogen-bond donors (Lipinski definition) is 1. The van der Waals surface area contributed by atoms with Gasteiger partial charge in [-0.25, -0.2) is 0 Å². The summed E-state index contributed by atoms with van der Waals surface area (Å²) in [6.45, 7) is 3.48. The molecule has 1 N–H and O–H groups in total. The molecule has 24 heavy (non-hydrogen) atoms. The minimum absolute atomic E-state index is 0.0243. The van der Waals surface area contributed by atoms with Crippen LogP contribution >= 0.6 is 0 Å². The first-order valence-electron chi connectivity index (χ1n) is 7.74. The Bertz CT molecular complexity index is 716. The first kappa shape index (κ1) is 16.1. The predicted octanol–water partition coefficient (Wildman–Crippen LogP) is 0.244. The molecule has 2 heterocycles. The van der Waals surface area contributed by atoms with Crippen molar-refractivity contribution in [2.45, 2.75) is 13.0 Å². The molecule has 126 valence electrons. The molecule has 1 aliphatic rings. The number of rotatable bonds is 4. The second-order valence-electron chi connectivity index (χ2n) is 5.59. The van der Waals surface area contributed by atoms with Crippen LogP contribution in [0.25, 0.3) is 5.69 Å². The van der Waals surface area contributed by atoms with Gasteiger partial charge in [-0.2, -0.15) is 0 Å². The Balaban J connectivity index is 1.59. The largest absolute Gasteiger partial charge is 0.373 e. The zero-order valence-corrected chi connectivity index (χ0v) is 13.4. The quantitative estimate of drug-likeness (QED) is 0.868. The molecule has 8 nitrogen and oxygen atoms in total. The molecule has 2 amide bonds. The van der Waals surface area contributed by atoms with Crippen molar-refractivity contribution < 1.29 is 14.3 Å². The summed E-state index contributed by atoms with van der Waals surface area (Å²) in [7, 11) is 0. The van der Waals surface area contributed by atoms with Gasteiger partial charge in [0.2, 0.25) is 5.91 Å². The summed E-state index contributed by atoms with van der Waals surface area (Å²) in [5, 5.41) is 10.4. The third-order valence-corrected chi connectivity index (χ3v) is 3.90. The van der Waals surface area contributed by atoms with Gasteiger partial charge in [0, 0.05) is 37.8 Å². The maximum absolute atomic E-state index is 12.3. The van der Waals surface area contributed by atoms with E-state index >= 15 is 0 Å². The van der Waals surface area contributed by atoms with Gasteiger partial charge >= 0.3 is 0 Å². The number of carbonyl (C=O) groups is 2. The second-order valence-corrected chi connectivity index (χ2v) is 5.59. The number of ether oxygens (including phenoxy) is 1. The van der Waals surface area contributed by atoms with E-state index in [1.165, 1.54) is 6.92 Å². The number of amides is 2. The molecule has 1 aromatic carbocycles. The lowest BCUT2D eigenvalue weighted by molar-refractivity contribution is -0.136. The van der Waals surface area contributed by atoms with Crippen LogP contribution < -0.4 is 5.32 Å². The van der Waals surface area contributed by atoms with Crippen molar-refractivity contribution in [1.29, 1.82) is 0 Å². The Morgan fingerprint density at radius 3 is 2.88 bits per heavy atom. The molecule has 0 aliphatic carbocycles. The van der Waals surface area contributed by atoms with E-state index in [0.717, 1.165) is 5.69 Å². The van der Waals surface area contributed by atoms with Gasteiger partial charge in [-0.15, -0.1) is 10.2 Å². The standard InChI is InChI=1S/C16H19N5O3/c1-12(22)20-5-6-24-15(9-20)8-17-16(23)13-3-2-4-14(7-13)21-10-18-19-11-21/h2-4,7,10-11,15H,5-6,8-9H2,1H3,(H,17,23)/t15-/m1/s1. The molecule has 1 aliphatic heterocycles. The topological polar surface area (TPSA) is 89.4 Å². The summed E-state index contributed by atoms with van der Waals surface area (Å²) in [5.41, 5.74) is 1.35. The molecule has 1 atom stereocenters. The predicted molar refractivity (Wildman–Crippen MR) is 85.7 cm³/mol. The molecule has 0 saturated carbocycles. The monoisotopic (exact) mass is 329 g/mol. The number of carbonyl (C=O) groups excluding carboxylic acids is 2. The van der Waals surface area contributed by atoms with Crippen molar-refractivity contribution in [3.63, 3.8) is 0 Å². The van der Waals surface area contributed by atoms with Crippen molar-refractivity contribution in [3.8, 4) is 5.69 Å². The van der Waals surface area contributed by atoms with Crippen molar-refractivity contribution in [2.75, 3.05) is 26.2 Å². The first-order chi connectivity index (χ1) is 11.6. The van der Waals surface area contributed by atoms with E-state index in [1.807, 2.05) is 6.07 Å². The van der Waals surface area contributed by atoms with Crippen LogP contribution in [0.2, 0.25) is 0 Å². The van der Waals surface area contributed by atoms with Crippen LogP contribution in [-0.4, -0.2) is 63.8 Å². The van der Waals surface area contributed by atoms with Gasteiger partial charge in [0.1, 0.15) is 12.7 Å². The number of benzene rings is 1. The summed E-state index contributed by atoms with van der Waals surface area (Å²) < 4.78 is 7.33. The molecule has 1 fully saturated rings. The fraction of sp³-hybridized carbons (Fsp3) is 0.375. The smallest absolute Gasteiger partial charge is 0.251 e. The van der Waals surface area contributed by atoms with E-state index in [0.29, 0.717) is 31.8 Å². The third kappa shape index (κ3) is 3.77. The Morgan fingerprint density at radius 1 is 1.33 bits per heavy atom. The molecule has 2 aromatic rings. The fourth-order valence-corrected chi connectivity index (χ4v) is 2.58. The highest BCUT2D eigenvalue weighted by Gasteiger charge is 2.22. The number of nitrogens with one attached hydrogen (secondary N) is 1. The van der Waals surface area contributed by atoms with E-state index in [-0.39, 0.29) is 17.9 Å². The van der Waals surface area contributed by atoms with Crippen LogP contribution in [0.1, 0.15) is 17.3 Å². The SMILES string of the molecule is CC(=O)N1CCO[C@H](CNC(=O)c2cccc(-n3cnnc3)c2)C1. The highest BCUT2D eigenvalue weighted by Crippen LogP contribution is 2.10. The molecule has 1 saturated heterocycles. The number of aromatic nitrogens is 3. The Hall–Kier alpha value is -2.74. The maximum Gasteiger partial charge on any atom is 0.251 e. The lowest BCUT2D eigenvalue weighted by atomic mass is 10.2. The van der Waals surface area contributed by atoms with E-state index in [2.05, 4.69) is 15.5 Å². The molecule has 8 heteroatoms. The summed E-state index contributed by atoms with van der Waals surface area (Å²) in [6, 6.07) is 7.18. The van der Waals surface area contributed by atoms with Crippen molar-refractivity contribution >= 4 is 11.8 Å². The van der Waals surface area contributed by atoms with Gasteiger partial charge in [0.05, 0.1) is 12.7 Å². The molecule has 0 unspecified atom stereocenters. The lowest BCUT2D eigenvalue weighted by Crippen LogP contribution is -2.49. The molecule has 0 radical (unpaired) electrons. The Morgan fingerprint density at radius 2 is 2.12 bits per heavy atom. The minimum Gasteiger partial charge on any atom is -0.373 e. The van der Waals surface area contributed by atoms with Crippen molar-refractivity contribution in [2.24, 2.45) is 0 Å². The van der Waals surface area contributed by atoms with E-state index in [1.54, 1.807) is 40.3 Å². The lowest BCUT2D eigenvalue weighted by Gasteiger charge is -2.32. The normalized spacial score (nSPS) is 17.5. The molecule has 3 rings (SSSR count). The second kappa shape index (κ2) is 7.22. The van der Waals surface area contributed by atoms with Gasteiger partial charge in [-0.05, 0) is 18.2 Å². The van der Waals surface area contributed by atoms with Gasteiger partial charge in [0.15, 0.2) is 0 Å². The van der Waals surface area contributed by atoms with Gasteiger partial charge in [0.25, 0.3) is 5.91 Å². The van der Waals surface area contributed by atoms with Gasteiger partial charge < -0.3 is 15.0 Å². The summed E-state index contributed by atoms with van der Waals surface area (Å²) in [4.78, 5) is 25.5. The van der Waals surface area contributed by atoms with Gasteiger partial charge in [-0.1, -0.05) is 6.07 Å². The van der Waals surface area contributed by atoms with E-state index in [9.17, 15) is 9.59 Å². The first-order valence-corrected chi connectivity index (χ1v) is 7.74. The fourth-order valence-electron chi connectivity index (χ4n) is 2.58. The highest BCUT2D eigenvalue weighted by molar-refractivity contribution is 5.94. The summed E-state index contributed by atoms with van der Waals surface area (Å²) in [5.74, 6) is -0.162. The van der Waals surface area contributed by atoms with Crippen molar-refractivity contribution in [3.05, 3.63) is 42.5 Å². The average molecular weight is 329 g/mol. The summed E-state index contributed by atoms with van der Waals surface area (Å²) >= 11 is 0. The number of morpholine rings is 1. The minimum atomic E-state index is -0.187. The molecule has 0 spiro atoms. The van der Waals surface area contributed by atoms with Crippen LogP contribution in [0.3, 0.4) is 0 Å². The average Bonchev–Trinajstić information content (AvgIpc) is 3.15. The molecular weight excluding hydrogens is 310 g/mol. The molecule has 0 bridgehead atoms. The van der Waals surface area contributed by atoms with E-state index in [4.69, 9.17) is 4.74 Å². The summed E-state index contributed by atoms with van der Waals surface area (Å²) in [6.07, 6.45) is 2.96. The van der Waals surface area contributed by atoms with Crippen molar-refractivity contribution in [1.82, 2.24) is 25.0 Å². The highest BCUT2D eigenvalue weighted by atomic mass is 16.5. The van der Waals surface area contributed by atoms with Crippen LogP contribution in [0, 0.1) is 0 Å². The number of nitrogens with zero attached hydrogens (tertiary/aromatic N) is 4. The molecule has 1 aromatic heterocycles. The zero-order chi connectivity index (χ0) is 16.9. The molecular formula is C16H19N5O3. The van der Waals surface area contributed by atoms with Gasteiger partial charge in [-0.3, -0.25) is 14.2 Å². The van der Waals surface area contributed by atoms with Crippen LogP contribution in [0.4, 0.5) is 0 Å². The number of hydrogen-bond acceptors (Lipinski definition) is 5. The maximum atomic E-state index is 12.3. The van der Waals surface area contributed by atoms with E-state index < -0.39 is 0 Å². The Labute approximate surface area is 139 Å². The Kier molecular flexibility index (Phi) is 4.85. The van der Waals surface area contributed by atoms with Crippen LogP contribution in [0.5, 0.6) is 0 Å². The zero-order valence-electron chi connectivity index (χ0n) is 13.4. The van der Waals surface area contributed by atoms with Crippen LogP contribution in [-0.2, 0) is 9.53 Å². The third-order valence-electron chi connectivity index (χ3n) is 3.90.